The summed E-state index contributed by atoms with van der Waals surface area (Å²) in [4.78, 5) is 13.0. The van der Waals surface area contributed by atoms with Crippen LogP contribution in [0.15, 0.2) is 0 Å². The van der Waals surface area contributed by atoms with Crippen molar-refractivity contribution < 1.29 is 18.0 Å². The summed E-state index contributed by atoms with van der Waals surface area (Å²) in [7, 11) is 0. The third kappa shape index (κ3) is 4.12. The van der Waals surface area contributed by atoms with E-state index >= 15 is 0 Å². The normalized spacial score (nSPS) is 23.4. The Balaban J connectivity index is 2.42. The minimum atomic E-state index is -4.12. The highest BCUT2D eigenvalue weighted by atomic mass is 19.4. The SMILES string of the molecule is CCCC(=O)CN1CCCC(C(F)(F)F)C1. The molecular weight excluding hydrogens is 219 g/mol. The molecule has 0 N–H and O–H groups in total. The van der Waals surface area contributed by atoms with Crippen LogP contribution in [0.2, 0.25) is 0 Å². The molecule has 0 spiro atoms. The molecule has 1 unspecified atom stereocenters. The first-order valence-corrected chi connectivity index (χ1v) is 5.74. The lowest BCUT2D eigenvalue weighted by Crippen LogP contribution is -2.43. The Morgan fingerprint density at radius 3 is 2.69 bits per heavy atom. The zero-order valence-electron chi connectivity index (χ0n) is 9.52. The number of likely N-dealkylation sites (tertiary alicyclic amines) is 1. The van der Waals surface area contributed by atoms with Gasteiger partial charge in [-0.15, -0.1) is 0 Å². The third-order valence-corrected chi connectivity index (χ3v) is 2.90. The van der Waals surface area contributed by atoms with Crippen molar-refractivity contribution in [1.82, 2.24) is 4.90 Å². The van der Waals surface area contributed by atoms with E-state index < -0.39 is 12.1 Å². The van der Waals surface area contributed by atoms with Crippen LogP contribution in [-0.4, -0.2) is 36.5 Å². The van der Waals surface area contributed by atoms with Gasteiger partial charge in [-0.05, 0) is 25.8 Å². The minimum Gasteiger partial charge on any atom is -0.298 e. The fraction of sp³-hybridized carbons (Fsp3) is 0.909. The van der Waals surface area contributed by atoms with Crippen molar-refractivity contribution in [2.75, 3.05) is 19.6 Å². The molecule has 1 fully saturated rings. The van der Waals surface area contributed by atoms with Gasteiger partial charge < -0.3 is 0 Å². The molecule has 0 aromatic carbocycles. The molecule has 1 heterocycles. The molecule has 5 heteroatoms. The van der Waals surface area contributed by atoms with E-state index in [1.807, 2.05) is 6.92 Å². The second-order valence-electron chi connectivity index (χ2n) is 4.40. The van der Waals surface area contributed by atoms with E-state index in [1.54, 1.807) is 4.90 Å². The first-order valence-electron chi connectivity index (χ1n) is 5.74. The Morgan fingerprint density at radius 1 is 1.44 bits per heavy atom. The van der Waals surface area contributed by atoms with Gasteiger partial charge in [0.15, 0.2) is 0 Å². The van der Waals surface area contributed by atoms with E-state index in [0.717, 1.165) is 6.42 Å². The van der Waals surface area contributed by atoms with E-state index in [-0.39, 0.29) is 25.3 Å². The molecule has 0 amide bonds. The molecule has 94 valence electrons. The van der Waals surface area contributed by atoms with Crippen LogP contribution in [0.25, 0.3) is 0 Å². The average molecular weight is 237 g/mol. The molecule has 1 aliphatic rings. The number of halogens is 3. The van der Waals surface area contributed by atoms with Crippen LogP contribution in [-0.2, 0) is 4.79 Å². The van der Waals surface area contributed by atoms with Crippen LogP contribution in [0.3, 0.4) is 0 Å². The second-order valence-corrected chi connectivity index (χ2v) is 4.40. The smallest absolute Gasteiger partial charge is 0.298 e. The number of carbonyl (C=O) groups excluding carboxylic acids is 1. The molecule has 16 heavy (non-hydrogen) atoms. The summed E-state index contributed by atoms with van der Waals surface area (Å²) in [5, 5.41) is 0. The zero-order valence-corrected chi connectivity index (χ0v) is 9.52. The summed E-state index contributed by atoms with van der Waals surface area (Å²) in [5.74, 6) is -1.21. The molecule has 1 aliphatic heterocycles. The van der Waals surface area contributed by atoms with E-state index in [0.29, 0.717) is 19.4 Å². The number of hydrogen-bond donors (Lipinski definition) is 0. The van der Waals surface area contributed by atoms with Crippen molar-refractivity contribution in [3.8, 4) is 0 Å². The number of piperidine rings is 1. The lowest BCUT2D eigenvalue weighted by Gasteiger charge is -2.33. The van der Waals surface area contributed by atoms with Crippen LogP contribution in [0.1, 0.15) is 32.6 Å². The molecule has 0 saturated carbocycles. The maximum absolute atomic E-state index is 12.5. The summed E-state index contributed by atoms with van der Waals surface area (Å²) < 4.78 is 37.5. The fourth-order valence-electron chi connectivity index (χ4n) is 2.07. The van der Waals surface area contributed by atoms with Gasteiger partial charge in [0, 0.05) is 13.0 Å². The van der Waals surface area contributed by atoms with Crippen molar-refractivity contribution in [2.24, 2.45) is 5.92 Å². The van der Waals surface area contributed by atoms with Gasteiger partial charge in [-0.2, -0.15) is 13.2 Å². The zero-order chi connectivity index (χ0) is 12.2. The van der Waals surface area contributed by atoms with Crippen molar-refractivity contribution >= 4 is 5.78 Å². The summed E-state index contributed by atoms with van der Waals surface area (Å²) in [6.45, 7) is 2.67. The molecule has 0 radical (unpaired) electrons. The lowest BCUT2D eigenvalue weighted by atomic mass is 9.97. The van der Waals surface area contributed by atoms with Crippen molar-refractivity contribution in [3.05, 3.63) is 0 Å². The van der Waals surface area contributed by atoms with Crippen LogP contribution >= 0.6 is 0 Å². The van der Waals surface area contributed by atoms with E-state index in [9.17, 15) is 18.0 Å². The number of carbonyl (C=O) groups is 1. The standard InChI is InChI=1S/C11H18F3NO/c1-2-4-10(16)8-15-6-3-5-9(7-15)11(12,13)14/h9H,2-8H2,1H3. The first-order chi connectivity index (χ1) is 7.43. The Morgan fingerprint density at radius 2 is 2.12 bits per heavy atom. The van der Waals surface area contributed by atoms with Gasteiger partial charge in [0.1, 0.15) is 5.78 Å². The van der Waals surface area contributed by atoms with Gasteiger partial charge in [-0.1, -0.05) is 6.92 Å². The van der Waals surface area contributed by atoms with Crippen LogP contribution in [0.5, 0.6) is 0 Å². The van der Waals surface area contributed by atoms with Crippen molar-refractivity contribution in [1.29, 1.82) is 0 Å². The maximum Gasteiger partial charge on any atom is 0.393 e. The van der Waals surface area contributed by atoms with Gasteiger partial charge in [-0.25, -0.2) is 0 Å². The molecule has 0 aliphatic carbocycles. The van der Waals surface area contributed by atoms with Gasteiger partial charge in [0.2, 0.25) is 0 Å². The summed E-state index contributed by atoms with van der Waals surface area (Å²) in [5.41, 5.74) is 0. The van der Waals surface area contributed by atoms with Crippen molar-refractivity contribution in [3.63, 3.8) is 0 Å². The van der Waals surface area contributed by atoms with Gasteiger partial charge in [0.05, 0.1) is 12.5 Å². The molecule has 0 aromatic rings. The first kappa shape index (κ1) is 13.5. The Labute approximate surface area is 93.8 Å². The number of rotatable bonds is 4. The summed E-state index contributed by atoms with van der Waals surface area (Å²) in [6, 6.07) is 0. The topological polar surface area (TPSA) is 20.3 Å². The van der Waals surface area contributed by atoms with Gasteiger partial charge in [0.25, 0.3) is 0 Å². The van der Waals surface area contributed by atoms with E-state index in [4.69, 9.17) is 0 Å². The van der Waals surface area contributed by atoms with Crippen LogP contribution < -0.4 is 0 Å². The number of hydrogen-bond acceptors (Lipinski definition) is 2. The lowest BCUT2D eigenvalue weighted by molar-refractivity contribution is -0.187. The van der Waals surface area contributed by atoms with Gasteiger partial charge in [-0.3, -0.25) is 9.69 Å². The highest BCUT2D eigenvalue weighted by Gasteiger charge is 2.41. The molecule has 0 bridgehead atoms. The molecule has 2 nitrogen and oxygen atoms in total. The van der Waals surface area contributed by atoms with Crippen LogP contribution in [0, 0.1) is 5.92 Å². The molecular formula is C11H18F3NO. The largest absolute Gasteiger partial charge is 0.393 e. The van der Waals surface area contributed by atoms with Crippen LogP contribution in [0.4, 0.5) is 13.2 Å². The average Bonchev–Trinajstić information content (AvgIpc) is 2.17. The summed E-state index contributed by atoms with van der Waals surface area (Å²) >= 11 is 0. The molecule has 0 aromatic heterocycles. The van der Waals surface area contributed by atoms with E-state index in [2.05, 4.69) is 0 Å². The monoisotopic (exact) mass is 237 g/mol. The molecule has 1 atom stereocenters. The van der Waals surface area contributed by atoms with Gasteiger partial charge >= 0.3 is 6.18 Å². The Kier molecular flexibility index (Phi) is 4.77. The predicted molar refractivity (Wildman–Crippen MR) is 55.1 cm³/mol. The summed E-state index contributed by atoms with van der Waals surface area (Å²) in [6.07, 6.45) is -2.17. The second kappa shape index (κ2) is 5.66. The fourth-order valence-corrected chi connectivity index (χ4v) is 2.07. The third-order valence-electron chi connectivity index (χ3n) is 2.90. The van der Waals surface area contributed by atoms with Crippen molar-refractivity contribution in [2.45, 2.75) is 38.8 Å². The van der Waals surface area contributed by atoms with E-state index in [1.165, 1.54) is 0 Å². The predicted octanol–water partition coefficient (Wildman–Crippen LogP) is 2.63. The Hall–Kier alpha value is -0.580. The maximum atomic E-state index is 12.5. The number of ketones is 1. The molecule has 1 rings (SSSR count). The quantitative estimate of drug-likeness (QED) is 0.749. The highest BCUT2D eigenvalue weighted by molar-refractivity contribution is 5.80. The molecule has 1 saturated heterocycles. The number of Topliss-reactive ketones (excluding diaryl/α,β-unsaturated/α-hetero) is 1. The Bertz CT molecular complexity index is 240. The number of alkyl halides is 3. The highest BCUT2D eigenvalue weighted by Crippen LogP contribution is 2.32. The minimum absolute atomic E-state index is 0.0149. The number of nitrogens with zero attached hydrogens (tertiary/aromatic N) is 1.